The Bertz CT molecular complexity index is 407. The van der Waals surface area contributed by atoms with Crippen molar-refractivity contribution in [2.24, 2.45) is 5.92 Å². The summed E-state index contributed by atoms with van der Waals surface area (Å²) >= 11 is 0. The van der Waals surface area contributed by atoms with Crippen molar-refractivity contribution in [1.29, 1.82) is 5.26 Å². The van der Waals surface area contributed by atoms with Gasteiger partial charge < -0.3 is 10.0 Å². The standard InChI is InChI=1S/C12H15N3O/c1-15(8-10-4-11(16)5-10)12-6-9(7-13)2-3-14-12/h2-3,6,10-11,16H,4-5,8H2,1H3. The minimum atomic E-state index is -0.114. The number of nitrogens with zero attached hydrogens (tertiary/aromatic N) is 3. The van der Waals surface area contributed by atoms with E-state index in [0.29, 0.717) is 11.5 Å². The number of anilines is 1. The van der Waals surface area contributed by atoms with Crippen LogP contribution >= 0.6 is 0 Å². The lowest BCUT2D eigenvalue weighted by Gasteiger charge is -2.34. The molecule has 1 aromatic heterocycles. The average molecular weight is 217 g/mol. The fourth-order valence-electron chi connectivity index (χ4n) is 2.03. The highest BCUT2D eigenvalue weighted by Gasteiger charge is 2.28. The smallest absolute Gasteiger partial charge is 0.129 e. The number of pyridine rings is 1. The zero-order valence-corrected chi connectivity index (χ0v) is 9.30. The van der Waals surface area contributed by atoms with Gasteiger partial charge in [0.2, 0.25) is 0 Å². The monoisotopic (exact) mass is 217 g/mol. The molecule has 0 spiro atoms. The third kappa shape index (κ3) is 2.31. The molecule has 0 saturated heterocycles. The van der Waals surface area contributed by atoms with E-state index in [4.69, 9.17) is 5.26 Å². The van der Waals surface area contributed by atoms with Gasteiger partial charge in [-0.2, -0.15) is 5.26 Å². The molecule has 0 bridgehead atoms. The summed E-state index contributed by atoms with van der Waals surface area (Å²) < 4.78 is 0. The lowest BCUT2D eigenvalue weighted by molar-refractivity contribution is 0.0464. The van der Waals surface area contributed by atoms with Crippen LogP contribution in [0.15, 0.2) is 18.3 Å². The predicted octanol–water partition coefficient (Wildman–Crippen LogP) is 1.16. The minimum absolute atomic E-state index is 0.114. The fourth-order valence-corrected chi connectivity index (χ4v) is 2.03. The zero-order valence-electron chi connectivity index (χ0n) is 9.30. The molecule has 0 unspecified atom stereocenters. The van der Waals surface area contributed by atoms with Crippen LogP contribution in [0.25, 0.3) is 0 Å². The average Bonchev–Trinajstić information content (AvgIpc) is 2.27. The van der Waals surface area contributed by atoms with E-state index < -0.39 is 0 Å². The molecule has 1 heterocycles. The number of aliphatic hydroxyl groups excluding tert-OH is 1. The van der Waals surface area contributed by atoms with Crippen molar-refractivity contribution in [1.82, 2.24) is 4.98 Å². The van der Waals surface area contributed by atoms with Crippen molar-refractivity contribution in [3.63, 3.8) is 0 Å². The molecule has 1 aliphatic rings. The van der Waals surface area contributed by atoms with E-state index in [9.17, 15) is 5.11 Å². The predicted molar refractivity (Wildman–Crippen MR) is 61.0 cm³/mol. The SMILES string of the molecule is CN(CC1CC(O)C1)c1cc(C#N)ccn1. The third-order valence-electron chi connectivity index (χ3n) is 3.01. The van der Waals surface area contributed by atoms with E-state index in [1.165, 1.54) is 0 Å². The molecule has 0 atom stereocenters. The first kappa shape index (κ1) is 10.9. The van der Waals surface area contributed by atoms with Gasteiger partial charge in [-0.3, -0.25) is 0 Å². The highest BCUT2D eigenvalue weighted by molar-refractivity contribution is 5.44. The largest absolute Gasteiger partial charge is 0.393 e. The van der Waals surface area contributed by atoms with Gasteiger partial charge in [-0.05, 0) is 30.9 Å². The number of hydrogen-bond donors (Lipinski definition) is 1. The van der Waals surface area contributed by atoms with Gasteiger partial charge in [0, 0.05) is 19.8 Å². The van der Waals surface area contributed by atoms with Crippen LogP contribution in [-0.2, 0) is 0 Å². The van der Waals surface area contributed by atoms with Crippen LogP contribution in [-0.4, -0.2) is 29.8 Å². The molecule has 0 aliphatic heterocycles. The maximum absolute atomic E-state index is 9.21. The molecule has 2 rings (SSSR count). The van der Waals surface area contributed by atoms with E-state index >= 15 is 0 Å². The van der Waals surface area contributed by atoms with Crippen LogP contribution in [0.2, 0.25) is 0 Å². The number of aliphatic hydroxyl groups is 1. The molecule has 1 fully saturated rings. The number of aromatic nitrogens is 1. The van der Waals surface area contributed by atoms with Crippen LogP contribution < -0.4 is 4.90 Å². The van der Waals surface area contributed by atoms with Gasteiger partial charge in [-0.25, -0.2) is 4.98 Å². The summed E-state index contributed by atoms with van der Waals surface area (Å²) in [5.74, 6) is 1.37. The summed E-state index contributed by atoms with van der Waals surface area (Å²) in [7, 11) is 1.97. The lowest BCUT2D eigenvalue weighted by Crippen LogP contribution is -2.37. The molecule has 1 aromatic rings. The molecule has 0 radical (unpaired) electrons. The summed E-state index contributed by atoms with van der Waals surface area (Å²) in [6.45, 7) is 0.888. The van der Waals surface area contributed by atoms with E-state index in [1.54, 1.807) is 18.3 Å². The van der Waals surface area contributed by atoms with E-state index in [2.05, 4.69) is 11.1 Å². The van der Waals surface area contributed by atoms with Gasteiger partial charge in [0.1, 0.15) is 5.82 Å². The van der Waals surface area contributed by atoms with Gasteiger partial charge in [0.15, 0.2) is 0 Å². The first-order chi connectivity index (χ1) is 7.69. The first-order valence-corrected chi connectivity index (χ1v) is 5.44. The number of rotatable bonds is 3. The second kappa shape index (κ2) is 4.50. The van der Waals surface area contributed by atoms with E-state index in [0.717, 1.165) is 25.2 Å². The highest BCUT2D eigenvalue weighted by atomic mass is 16.3. The Morgan fingerprint density at radius 1 is 1.62 bits per heavy atom. The van der Waals surface area contributed by atoms with E-state index in [1.807, 2.05) is 11.9 Å². The molecule has 1 aliphatic carbocycles. The lowest BCUT2D eigenvalue weighted by atomic mass is 9.82. The Kier molecular flexibility index (Phi) is 3.07. The van der Waals surface area contributed by atoms with Gasteiger partial charge in [0.25, 0.3) is 0 Å². The fraction of sp³-hybridized carbons (Fsp3) is 0.500. The van der Waals surface area contributed by atoms with Gasteiger partial charge in [0.05, 0.1) is 17.7 Å². The molecule has 0 aromatic carbocycles. The van der Waals surface area contributed by atoms with Crippen molar-refractivity contribution in [3.8, 4) is 6.07 Å². The van der Waals surface area contributed by atoms with Crippen molar-refractivity contribution < 1.29 is 5.11 Å². The summed E-state index contributed by atoms with van der Waals surface area (Å²) in [6.07, 6.45) is 3.29. The normalized spacial score (nSPS) is 23.3. The molecular weight excluding hydrogens is 202 g/mol. The third-order valence-corrected chi connectivity index (χ3v) is 3.01. The van der Waals surface area contributed by atoms with Crippen LogP contribution in [0, 0.1) is 17.2 Å². The Morgan fingerprint density at radius 2 is 2.38 bits per heavy atom. The summed E-state index contributed by atoms with van der Waals surface area (Å²) in [5.41, 5.74) is 0.630. The Morgan fingerprint density at radius 3 is 3.00 bits per heavy atom. The molecule has 1 N–H and O–H groups in total. The van der Waals surface area contributed by atoms with Crippen LogP contribution in [0.3, 0.4) is 0 Å². The van der Waals surface area contributed by atoms with Crippen LogP contribution in [0.1, 0.15) is 18.4 Å². The van der Waals surface area contributed by atoms with Crippen LogP contribution in [0.5, 0.6) is 0 Å². The molecule has 4 nitrogen and oxygen atoms in total. The maximum atomic E-state index is 9.21. The van der Waals surface area contributed by atoms with Crippen molar-refractivity contribution in [3.05, 3.63) is 23.9 Å². The molecular formula is C12H15N3O. The Labute approximate surface area is 95.1 Å². The van der Waals surface area contributed by atoms with Crippen molar-refractivity contribution >= 4 is 5.82 Å². The Balaban J connectivity index is 1.98. The highest BCUT2D eigenvalue weighted by Crippen LogP contribution is 2.28. The van der Waals surface area contributed by atoms with E-state index in [-0.39, 0.29) is 6.10 Å². The second-order valence-corrected chi connectivity index (χ2v) is 4.39. The van der Waals surface area contributed by atoms with Gasteiger partial charge in [-0.15, -0.1) is 0 Å². The topological polar surface area (TPSA) is 60.1 Å². The summed E-state index contributed by atoms with van der Waals surface area (Å²) in [6, 6.07) is 5.59. The first-order valence-electron chi connectivity index (χ1n) is 5.44. The molecule has 4 heteroatoms. The molecule has 16 heavy (non-hydrogen) atoms. The van der Waals surface area contributed by atoms with Gasteiger partial charge in [-0.1, -0.05) is 0 Å². The van der Waals surface area contributed by atoms with Gasteiger partial charge >= 0.3 is 0 Å². The number of hydrogen-bond acceptors (Lipinski definition) is 4. The zero-order chi connectivity index (χ0) is 11.5. The molecule has 84 valence electrons. The van der Waals surface area contributed by atoms with Crippen molar-refractivity contribution in [2.75, 3.05) is 18.5 Å². The maximum Gasteiger partial charge on any atom is 0.129 e. The summed E-state index contributed by atoms with van der Waals surface area (Å²) in [4.78, 5) is 6.27. The molecule has 1 saturated carbocycles. The quantitative estimate of drug-likeness (QED) is 0.825. The number of nitriles is 1. The minimum Gasteiger partial charge on any atom is -0.393 e. The van der Waals surface area contributed by atoms with Crippen molar-refractivity contribution in [2.45, 2.75) is 18.9 Å². The molecule has 0 amide bonds. The Hall–Kier alpha value is -1.60. The summed E-state index contributed by atoms with van der Waals surface area (Å²) in [5, 5.41) is 18.0. The van der Waals surface area contributed by atoms with Crippen LogP contribution in [0.4, 0.5) is 5.82 Å². The second-order valence-electron chi connectivity index (χ2n) is 4.39.